The molecule has 1 heterocycles. The van der Waals surface area contributed by atoms with E-state index in [2.05, 4.69) is 73.9 Å². The average molecular weight is 235 g/mol. The second-order valence-corrected chi connectivity index (χ2v) is 4.80. The van der Waals surface area contributed by atoms with Crippen LogP contribution in [0, 0.1) is 6.92 Å². The summed E-state index contributed by atoms with van der Waals surface area (Å²) in [4.78, 5) is 0. The first-order valence-electron chi connectivity index (χ1n) is 6.35. The maximum absolute atomic E-state index is 2.34. The van der Waals surface area contributed by atoms with Gasteiger partial charge in [0.05, 0.1) is 11.0 Å². The first-order chi connectivity index (χ1) is 8.72. The van der Waals surface area contributed by atoms with Gasteiger partial charge in [-0.15, -0.1) is 0 Å². The van der Waals surface area contributed by atoms with Gasteiger partial charge in [0.2, 0.25) is 0 Å². The molecule has 0 saturated carbocycles. The standard InChI is InChI=1S/C17H17N/c1-4-13(3)18-16-8-6-5-7-14(16)15-10-9-12(2)11-17(15)18/h4-11H,1-3H3. The van der Waals surface area contributed by atoms with Gasteiger partial charge in [0.1, 0.15) is 0 Å². The van der Waals surface area contributed by atoms with Gasteiger partial charge in [0.25, 0.3) is 0 Å². The zero-order chi connectivity index (χ0) is 12.7. The van der Waals surface area contributed by atoms with Gasteiger partial charge in [0.15, 0.2) is 0 Å². The van der Waals surface area contributed by atoms with Gasteiger partial charge in [-0.1, -0.05) is 36.4 Å². The Morgan fingerprint density at radius 1 is 1.00 bits per heavy atom. The SMILES string of the molecule is CC=C(C)n1c2ccccc2c2ccc(C)cc21. The van der Waals surface area contributed by atoms with Gasteiger partial charge in [0, 0.05) is 16.5 Å². The van der Waals surface area contributed by atoms with Crippen LogP contribution in [0.25, 0.3) is 27.5 Å². The van der Waals surface area contributed by atoms with Gasteiger partial charge >= 0.3 is 0 Å². The van der Waals surface area contributed by atoms with Crippen molar-refractivity contribution in [3.8, 4) is 0 Å². The van der Waals surface area contributed by atoms with Crippen molar-refractivity contribution in [2.24, 2.45) is 0 Å². The van der Waals surface area contributed by atoms with E-state index in [-0.39, 0.29) is 0 Å². The first-order valence-corrected chi connectivity index (χ1v) is 6.35. The van der Waals surface area contributed by atoms with E-state index in [4.69, 9.17) is 0 Å². The highest BCUT2D eigenvalue weighted by Gasteiger charge is 2.10. The Kier molecular flexibility index (Phi) is 2.48. The highest BCUT2D eigenvalue weighted by molar-refractivity contribution is 6.10. The van der Waals surface area contributed by atoms with Crippen LogP contribution < -0.4 is 0 Å². The Morgan fingerprint density at radius 2 is 1.72 bits per heavy atom. The Hall–Kier alpha value is -2.02. The molecule has 1 nitrogen and oxygen atoms in total. The van der Waals surface area contributed by atoms with E-state index in [0.29, 0.717) is 0 Å². The minimum Gasteiger partial charge on any atom is -0.314 e. The summed E-state index contributed by atoms with van der Waals surface area (Å²) >= 11 is 0. The smallest absolute Gasteiger partial charge is 0.0540 e. The number of fused-ring (bicyclic) bond motifs is 3. The van der Waals surface area contributed by atoms with E-state index < -0.39 is 0 Å². The Bertz CT molecular complexity index is 760. The molecule has 18 heavy (non-hydrogen) atoms. The van der Waals surface area contributed by atoms with Gasteiger partial charge < -0.3 is 4.57 Å². The van der Waals surface area contributed by atoms with Crippen molar-refractivity contribution >= 4 is 27.5 Å². The van der Waals surface area contributed by atoms with Gasteiger partial charge in [-0.05, 0) is 38.5 Å². The van der Waals surface area contributed by atoms with E-state index >= 15 is 0 Å². The predicted octanol–water partition coefficient (Wildman–Crippen LogP) is 4.98. The maximum atomic E-state index is 2.34. The molecular weight excluding hydrogens is 218 g/mol. The molecule has 1 heteroatoms. The molecule has 0 fully saturated rings. The van der Waals surface area contributed by atoms with Crippen molar-refractivity contribution in [1.29, 1.82) is 0 Å². The van der Waals surface area contributed by atoms with Crippen molar-refractivity contribution in [3.63, 3.8) is 0 Å². The molecule has 0 saturated heterocycles. The highest BCUT2D eigenvalue weighted by atomic mass is 15.0. The summed E-state index contributed by atoms with van der Waals surface area (Å²) in [6.45, 7) is 6.40. The van der Waals surface area contributed by atoms with Crippen molar-refractivity contribution in [2.75, 3.05) is 0 Å². The number of allylic oxidation sites excluding steroid dienone is 2. The summed E-state index contributed by atoms with van der Waals surface area (Å²) in [7, 11) is 0. The van der Waals surface area contributed by atoms with E-state index in [0.717, 1.165) is 0 Å². The van der Waals surface area contributed by atoms with Crippen LogP contribution in [0.1, 0.15) is 19.4 Å². The number of hydrogen-bond acceptors (Lipinski definition) is 0. The lowest BCUT2D eigenvalue weighted by Crippen LogP contribution is -1.92. The van der Waals surface area contributed by atoms with Gasteiger partial charge in [-0.25, -0.2) is 0 Å². The fourth-order valence-electron chi connectivity index (χ4n) is 2.59. The van der Waals surface area contributed by atoms with E-state index in [1.807, 2.05) is 0 Å². The Balaban J connectivity index is 2.58. The average Bonchev–Trinajstić information content (AvgIpc) is 2.71. The quantitative estimate of drug-likeness (QED) is 0.560. The number of rotatable bonds is 1. The minimum absolute atomic E-state index is 1.27. The molecule has 90 valence electrons. The van der Waals surface area contributed by atoms with Crippen molar-refractivity contribution in [2.45, 2.75) is 20.8 Å². The molecule has 3 rings (SSSR count). The molecule has 0 bridgehead atoms. The first kappa shape index (κ1) is 11.1. The number of para-hydroxylation sites is 1. The number of aryl methyl sites for hydroxylation is 1. The third-order valence-electron chi connectivity index (χ3n) is 3.60. The van der Waals surface area contributed by atoms with E-state index in [1.54, 1.807) is 0 Å². The molecule has 0 aliphatic heterocycles. The van der Waals surface area contributed by atoms with Crippen molar-refractivity contribution in [3.05, 3.63) is 54.1 Å². The summed E-state index contributed by atoms with van der Waals surface area (Å²) in [6.07, 6.45) is 2.16. The molecule has 3 aromatic rings. The third kappa shape index (κ3) is 1.47. The Labute approximate surface area is 107 Å². The molecule has 1 aromatic heterocycles. The second kappa shape index (κ2) is 4.02. The lowest BCUT2D eigenvalue weighted by Gasteiger charge is -2.07. The van der Waals surface area contributed by atoms with Crippen LogP contribution in [0.2, 0.25) is 0 Å². The van der Waals surface area contributed by atoms with Crippen LogP contribution in [0.4, 0.5) is 0 Å². The molecule has 0 aliphatic rings. The van der Waals surface area contributed by atoms with Crippen LogP contribution in [0.3, 0.4) is 0 Å². The molecule has 0 amide bonds. The lowest BCUT2D eigenvalue weighted by atomic mass is 10.1. The highest BCUT2D eigenvalue weighted by Crippen LogP contribution is 2.31. The fourth-order valence-corrected chi connectivity index (χ4v) is 2.59. The van der Waals surface area contributed by atoms with Gasteiger partial charge in [-0.2, -0.15) is 0 Å². The molecule has 0 unspecified atom stereocenters. The molecule has 0 N–H and O–H groups in total. The van der Waals surface area contributed by atoms with Crippen LogP contribution >= 0.6 is 0 Å². The van der Waals surface area contributed by atoms with E-state index in [1.165, 1.54) is 33.1 Å². The van der Waals surface area contributed by atoms with Crippen molar-refractivity contribution in [1.82, 2.24) is 4.57 Å². The monoisotopic (exact) mass is 235 g/mol. The zero-order valence-electron chi connectivity index (χ0n) is 11.1. The summed E-state index contributed by atoms with van der Waals surface area (Å²) in [6, 6.07) is 15.3. The van der Waals surface area contributed by atoms with Crippen LogP contribution in [0.15, 0.2) is 48.5 Å². The summed E-state index contributed by atoms with van der Waals surface area (Å²) < 4.78 is 2.34. The lowest BCUT2D eigenvalue weighted by molar-refractivity contribution is 1.19. The van der Waals surface area contributed by atoms with Gasteiger partial charge in [-0.3, -0.25) is 0 Å². The minimum atomic E-state index is 1.27. The molecule has 2 aromatic carbocycles. The molecule has 0 atom stereocenters. The van der Waals surface area contributed by atoms with E-state index in [9.17, 15) is 0 Å². The number of benzene rings is 2. The largest absolute Gasteiger partial charge is 0.314 e. The summed E-state index contributed by atoms with van der Waals surface area (Å²) in [5.41, 5.74) is 5.16. The molecule has 0 radical (unpaired) electrons. The van der Waals surface area contributed by atoms with Crippen LogP contribution in [-0.4, -0.2) is 4.57 Å². The zero-order valence-corrected chi connectivity index (χ0v) is 11.1. The Morgan fingerprint density at radius 3 is 2.50 bits per heavy atom. The maximum Gasteiger partial charge on any atom is 0.0540 e. The number of hydrogen-bond donors (Lipinski definition) is 0. The van der Waals surface area contributed by atoms with Crippen molar-refractivity contribution < 1.29 is 0 Å². The normalized spacial score (nSPS) is 12.5. The molecule has 0 spiro atoms. The summed E-state index contributed by atoms with van der Waals surface area (Å²) in [5.74, 6) is 0. The van der Waals surface area contributed by atoms with Crippen LogP contribution in [-0.2, 0) is 0 Å². The third-order valence-corrected chi connectivity index (χ3v) is 3.60. The number of aromatic nitrogens is 1. The predicted molar refractivity (Wildman–Crippen MR) is 79.8 cm³/mol. The fraction of sp³-hybridized carbons (Fsp3) is 0.176. The summed E-state index contributed by atoms with van der Waals surface area (Å²) in [5, 5.41) is 2.66. The number of nitrogens with zero attached hydrogens (tertiary/aromatic N) is 1. The van der Waals surface area contributed by atoms with Crippen LogP contribution in [0.5, 0.6) is 0 Å². The topological polar surface area (TPSA) is 4.93 Å². The second-order valence-electron chi connectivity index (χ2n) is 4.80. The molecular formula is C17H17N. The molecule has 0 aliphatic carbocycles.